The van der Waals surface area contributed by atoms with Crippen LogP contribution in [0, 0.1) is 5.92 Å². The molecule has 7 nitrogen and oxygen atoms in total. The fourth-order valence-corrected chi connectivity index (χ4v) is 5.44. The minimum absolute atomic E-state index is 0.00779. The van der Waals surface area contributed by atoms with Crippen molar-refractivity contribution in [1.82, 2.24) is 5.01 Å². The van der Waals surface area contributed by atoms with Crippen LogP contribution < -0.4 is 9.47 Å². The normalized spacial score (nSPS) is 19.4. The Balaban J connectivity index is 1.56. The standard InChI is InChI=1S/C32H32N2O5/c1-3-38-24-16-12-21(13-17-24)20-23-8-7-11-28-29(23)33-34(30(28)22-14-18-25(19-15-22)39-4-2)31(35)26-9-5-6-10-27(26)32(36)37/h5-6,9-10,12-20,28,30H,3-4,7-8,11H2,1-2H3,(H,36,37)/b23-20+/t28-,30-/m1/s1. The van der Waals surface area contributed by atoms with Gasteiger partial charge in [-0.05, 0) is 92.3 Å². The number of amides is 1. The van der Waals surface area contributed by atoms with Crippen LogP contribution in [-0.2, 0) is 0 Å². The molecule has 0 spiro atoms. The van der Waals surface area contributed by atoms with Gasteiger partial charge in [-0.1, -0.05) is 36.4 Å². The molecular weight excluding hydrogens is 492 g/mol. The van der Waals surface area contributed by atoms with E-state index in [9.17, 15) is 14.7 Å². The zero-order valence-corrected chi connectivity index (χ0v) is 22.2. The van der Waals surface area contributed by atoms with E-state index < -0.39 is 11.9 Å². The maximum absolute atomic E-state index is 13.9. The van der Waals surface area contributed by atoms with Gasteiger partial charge in [-0.3, -0.25) is 4.79 Å². The first-order valence-corrected chi connectivity index (χ1v) is 13.4. The summed E-state index contributed by atoms with van der Waals surface area (Å²) < 4.78 is 11.2. The third-order valence-electron chi connectivity index (χ3n) is 7.16. The quantitative estimate of drug-likeness (QED) is 0.358. The Bertz CT molecular complexity index is 1410. The summed E-state index contributed by atoms with van der Waals surface area (Å²) in [6.07, 6.45) is 4.83. The average molecular weight is 525 g/mol. The molecule has 2 aliphatic rings. The lowest BCUT2D eigenvalue weighted by Gasteiger charge is -2.30. The average Bonchev–Trinajstić information content (AvgIpc) is 3.35. The van der Waals surface area contributed by atoms with Crippen LogP contribution in [0.25, 0.3) is 6.08 Å². The molecule has 1 fully saturated rings. The number of carboxylic acids is 1. The van der Waals surface area contributed by atoms with E-state index >= 15 is 0 Å². The second-order valence-corrected chi connectivity index (χ2v) is 9.60. The Hall–Kier alpha value is -4.39. The number of carbonyl (C=O) groups is 2. The Kier molecular flexibility index (Phi) is 7.77. The first-order valence-electron chi connectivity index (χ1n) is 13.4. The highest BCUT2D eigenvalue weighted by atomic mass is 16.5. The second-order valence-electron chi connectivity index (χ2n) is 9.60. The topological polar surface area (TPSA) is 88.4 Å². The number of hydrogen-bond donors (Lipinski definition) is 1. The smallest absolute Gasteiger partial charge is 0.336 e. The first kappa shape index (κ1) is 26.2. The number of fused-ring (bicyclic) bond motifs is 1. The van der Waals surface area contributed by atoms with Crippen LogP contribution in [0.3, 0.4) is 0 Å². The molecule has 5 rings (SSSR count). The van der Waals surface area contributed by atoms with Crippen molar-refractivity contribution in [2.45, 2.75) is 39.2 Å². The zero-order chi connectivity index (χ0) is 27.4. The molecule has 0 saturated heterocycles. The van der Waals surface area contributed by atoms with Crippen molar-refractivity contribution >= 4 is 23.7 Å². The van der Waals surface area contributed by atoms with Crippen molar-refractivity contribution < 1.29 is 24.2 Å². The van der Waals surface area contributed by atoms with Crippen molar-refractivity contribution in [3.8, 4) is 11.5 Å². The molecule has 1 aliphatic heterocycles. The van der Waals surface area contributed by atoms with E-state index in [0.29, 0.717) is 13.2 Å². The van der Waals surface area contributed by atoms with Crippen LogP contribution >= 0.6 is 0 Å². The van der Waals surface area contributed by atoms with Crippen molar-refractivity contribution in [2.75, 3.05) is 13.2 Å². The molecule has 1 aliphatic carbocycles. The molecule has 3 aromatic rings. The summed E-state index contributed by atoms with van der Waals surface area (Å²) in [6.45, 7) is 5.07. The van der Waals surface area contributed by atoms with Crippen LogP contribution in [0.1, 0.15) is 71.0 Å². The Morgan fingerprint density at radius 2 is 1.54 bits per heavy atom. The van der Waals surface area contributed by atoms with E-state index in [2.05, 4.69) is 6.08 Å². The van der Waals surface area contributed by atoms with Crippen molar-refractivity contribution in [3.63, 3.8) is 0 Å². The largest absolute Gasteiger partial charge is 0.494 e. The number of hydrogen-bond acceptors (Lipinski definition) is 5. The van der Waals surface area contributed by atoms with Gasteiger partial charge in [0.2, 0.25) is 0 Å². The minimum Gasteiger partial charge on any atom is -0.494 e. The van der Waals surface area contributed by atoms with E-state index in [1.54, 1.807) is 18.2 Å². The van der Waals surface area contributed by atoms with E-state index in [-0.39, 0.29) is 23.1 Å². The highest BCUT2D eigenvalue weighted by Gasteiger charge is 2.44. The molecule has 3 aromatic carbocycles. The van der Waals surface area contributed by atoms with Gasteiger partial charge in [0.15, 0.2) is 0 Å². The van der Waals surface area contributed by atoms with Crippen LogP contribution in [-0.4, -0.2) is 40.9 Å². The number of hydrazone groups is 1. The SMILES string of the molecule is CCOc1ccc(/C=C2\CCC[C@@H]3C2=NN(C(=O)c2ccccc2C(=O)O)[C@@H]3c2ccc(OCC)cc2)cc1. The molecule has 1 amide bonds. The van der Waals surface area contributed by atoms with E-state index in [1.165, 1.54) is 11.1 Å². The van der Waals surface area contributed by atoms with E-state index in [0.717, 1.165) is 53.2 Å². The Labute approximate surface area is 228 Å². The third-order valence-corrected chi connectivity index (χ3v) is 7.16. The Morgan fingerprint density at radius 3 is 2.15 bits per heavy atom. The molecule has 1 saturated carbocycles. The summed E-state index contributed by atoms with van der Waals surface area (Å²) >= 11 is 0. The third kappa shape index (κ3) is 5.43. The second kappa shape index (κ2) is 11.6. The number of benzene rings is 3. The number of carbonyl (C=O) groups excluding carboxylic acids is 1. The van der Waals surface area contributed by atoms with Crippen molar-refractivity contribution in [2.24, 2.45) is 11.0 Å². The molecule has 0 bridgehead atoms. The zero-order valence-electron chi connectivity index (χ0n) is 22.2. The van der Waals surface area contributed by atoms with Crippen LogP contribution in [0.2, 0.25) is 0 Å². The molecule has 1 heterocycles. The number of ether oxygens (including phenoxy) is 2. The fourth-order valence-electron chi connectivity index (χ4n) is 5.44. The van der Waals surface area contributed by atoms with Gasteiger partial charge in [0.05, 0.1) is 36.1 Å². The fraction of sp³-hybridized carbons (Fsp3) is 0.281. The molecule has 200 valence electrons. The molecule has 0 radical (unpaired) electrons. The van der Waals surface area contributed by atoms with Gasteiger partial charge in [-0.25, -0.2) is 9.80 Å². The van der Waals surface area contributed by atoms with Crippen LogP contribution in [0.15, 0.2) is 83.5 Å². The Morgan fingerprint density at radius 1 is 0.923 bits per heavy atom. The molecule has 0 aromatic heterocycles. The predicted molar refractivity (Wildman–Crippen MR) is 150 cm³/mol. The lowest BCUT2D eigenvalue weighted by molar-refractivity contribution is 0.0645. The minimum atomic E-state index is -1.14. The first-order chi connectivity index (χ1) is 19.0. The number of carboxylic acid groups (broad SMARTS) is 1. The van der Waals surface area contributed by atoms with Crippen LogP contribution in [0.5, 0.6) is 11.5 Å². The number of allylic oxidation sites excluding steroid dienone is 1. The number of aromatic carboxylic acids is 1. The summed E-state index contributed by atoms with van der Waals surface area (Å²) in [4.78, 5) is 25.9. The molecule has 39 heavy (non-hydrogen) atoms. The molecular formula is C32H32N2O5. The van der Waals surface area contributed by atoms with Crippen LogP contribution in [0.4, 0.5) is 0 Å². The highest BCUT2D eigenvalue weighted by Crippen LogP contribution is 2.45. The molecule has 0 unspecified atom stereocenters. The summed E-state index contributed by atoms with van der Waals surface area (Å²) in [7, 11) is 0. The van der Waals surface area contributed by atoms with Gasteiger partial charge in [-0.15, -0.1) is 0 Å². The van der Waals surface area contributed by atoms with Gasteiger partial charge >= 0.3 is 5.97 Å². The number of nitrogens with zero attached hydrogens (tertiary/aromatic N) is 2. The summed E-state index contributed by atoms with van der Waals surface area (Å²) in [5.41, 5.74) is 4.04. The lowest BCUT2D eigenvalue weighted by atomic mass is 9.77. The molecule has 1 N–H and O–H groups in total. The highest BCUT2D eigenvalue weighted by molar-refractivity contribution is 6.10. The van der Waals surface area contributed by atoms with Gasteiger partial charge < -0.3 is 14.6 Å². The number of rotatable bonds is 8. The summed E-state index contributed by atoms with van der Waals surface area (Å²) in [6, 6.07) is 21.7. The van der Waals surface area contributed by atoms with E-state index in [1.807, 2.05) is 62.4 Å². The van der Waals surface area contributed by atoms with Gasteiger partial charge in [-0.2, -0.15) is 5.10 Å². The molecule has 7 heteroatoms. The monoisotopic (exact) mass is 524 g/mol. The maximum atomic E-state index is 13.9. The van der Waals surface area contributed by atoms with E-state index in [4.69, 9.17) is 14.6 Å². The van der Waals surface area contributed by atoms with Gasteiger partial charge in [0.1, 0.15) is 11.5 Å². The predicted octanol–water partition coefficient (Wildman–Crippen LogP) is 6.62. The maximum Gasteiger partial charge on any atom is 0.336 e. The molecule has 2 atom stereocenters. The van der Waals surface area contributed by atoms with Gasteiger partial charge in [0.25, 0.3) is 5.91 Å². The van der Waals surface area contributed by atoms with Crippen molar-refractivity contribution in [1.29, 1.82) is 0 Å². The van der Waals surface area contributed by atoms with Crippen molar-refractivity contribution in [3.05, 3.63) is 101 Å². The summed E-state index contributed by atoms with van der Waals surface area (Å²) in [5.74, 6) is 0.00993. The summed E-state index contributed by atoms with van der Waals surface area (Å²) in [5, 5.41) is 16.2. The lowest BCUT2D eigenvalue weighted by Crippen LogP contribution is -2.32. The van der Waals surface area contributed by atoms with Gasteiger partial charge in [0, 0.05) is 5.92 Å².